The van der Waals surface area contributed by atoms with Crippen LogP contribution in [-0.2, 0) is 16.1 Å². The van der Waals surface area contributed by atoms with Crippen molar-refractivity contribution in [2.45, 2.75) is 26.4 Å². The van der Waals surface area contributed by atoms with Gasteiger partial charge in [0.25, 0.3) is 0 Å². The van der Waals surface area contributed by atoms with Crippen LogP contribution in [0.3, 0.4) is 0 Å². The van der Waals surface area contributed by atoms with Crippen LogP contribution in [0.5, 0.6) is 0 Å². The van der Waals surface area contributed by atoms with Crippen molar-refractivity contribution in [1.82, 2.24) is 0 Å². The Balaban J connectivity index is 1.76. The maximum Gasteiger partial charge on any atom is 0.309 e. The summed E-state index contributed by atoms with van der Waals surface area (Å²) in [5.41, 5.74) is 1.05. The van der Waals surface area contributed by atoms with Crippen LogP contribution in [-0.4, -0.2) is 5.97 Å². The molecule has 1 aliphatic rings. The normalized spacial score (nSPS) is 24.3. The van der Waals surface area contributed by atoms with Crippen LogP contribution in [0.4, 0.5) is 0 Å². The quantitative estimate of drug-likeness (QED) is 0.708. The van der Waals surface area contributed by atoms with Crippen LogP contribution in [0.25, 0.3) is 0 Å². The van der Waals surface area contributed by atoms with Crippen LogP contribution < -0.4 is 0 Å². The molecule has 0 amide bonds. The van der Waals surface area contributed by atoms with Crippen LogP contribution in [0.15, 0.2) is 30.3 Å². The lowest BCUT2D eigenvalue weighted by Crippen LogP contribution is -2.30. The fourth-order valence-electron chi connectivity index (χ4n) is 1.94. The molecule has 0 unspecified atom stereocenters. The Labute approximate surface area is 90.3 Å². The second-order valence-electron chi connectivity index (χ2n) is 4.37. The second-order valence-corrected chi connectivity index (χ2v) is 4.37. The smallest absolute Gasteiger partial charge is 0.309 e. The van der Waals surface area contributed by atoms with Crippen LogP contribution in [0, 0.1) is 11.8 Å². The van der Waals surface area contributed by atoms with Gasteiger partial charge in [0, 0.05) is 0 Å². The van der Waals surface area contributed by atoms with E-state index in [0.717, 1.165) is 18.4 Å². The molecule has 1 aromatic carbocycles. The van der Waals surface area contributed by atoms with E-state index < -0.39 is 0 Å². The molecule has 15 heavy (non-hydrogen) atoms. The van der Waals surface area contributed by atoms with Crippen molar-refractivity contribution >= 4 is 5.97 Å². The highest BCUT2D eigenvalue weighted by molar-refractivity contribution is 5.73. The van der Waals surface area contributed by atoms with E-state index in [2.05, 4.69) is 6.92 Å². The largest absolute Gasteiger partial charge is 0.461 e. The first-order valence-corrected chi connectivity index (χ1v) is 5.46. The molecule has 2 nitrogen and oxygen atoms in total. The van der Waals surface area contributed by atoms with E-state index in [-0.39, 0.29) is 11.9 Å². The van der Waals surface area contributed by atoms with Gasteiger partial charge < -0.3 is 4.74 Å². The number of ether oxygens (including phenoxy) is 1. The summed E-state index contributed by atoms with van der Waals surface area (Å²) in [7, 11) is 0. The molecule has 0 aromatic heterocycles. The maximum atomic E-state index is 11.5. The van der Waals surface area contributed by atoms with Gasteiger partial charge in [-0.05, 0) is 24.3 Å². The highest BCUT2D eigenvalue weighted by atomic mass is 16.5. The van der Waals surface area contributed by atoms with Crippen molar-refractivity contribution in [3.8, 4) is 0 Å². The minimum Gasteiger partial charge on any atom is -0.461 e. The predicted molar refractivity (Wildman–Crippen MR) is 58.1 cm³/mol. The van der Waals surface area contributed by atoms with Gasteiger partial charge in [-0.3, -0.25) is 4.79 Å². The lowest BCUT2D eigenvalue weighted by Gasteiger charge is -2.30. The lowest BCUT2D eigenvalue weighted by molar-refractivity contribution is -0.154. The number of rotatable bonds is 3. The molecule has 0 saturated heterocycles. The van der Waals surface area contributed by atoms with E-state index in [4.69, 9.17) is 4.74 Å². The van der Waals surface area contributed by atoms with Crippen LogP contribution in [0.1, 0.15) is 25.3 Å². The topological polar surface area (TPSA) is 26.3 Å². The molecule has 1 aromatic rings. The molecule has 0 radical (unpaired) electrons. The third-order valence-corrected chi connectivity index (χ3v) is 2.93. The van der Waals surface area contributed by atoms with Gasteiger partial charge in [0.15, 0.2) is 0 Å². The van der Waals surface area contributed by atoms with Gasteiger partial charge >= 0.3 is 5.97 Å². The maximum absolute atomic E-state index is 11.5. The molecule has 0 N–H and O–H groups in total. The molecule has 1 saturated carbocycles. The fraction of sp³-hybridized carbons (Fsp3) is 0.462. The minimum atomic E-state index is -0.0306. The van der Waals surface area contributed by atoms with Crippen LogP contribution in [0.2, 0.25) is 0 Å². The molecule has 0 spiro atoms. The van der Waals surface area contributed by atoms with Crippen molar-refractivity contribution in [3.05, 3.63) is 35.9 Å². The average molecular weight is 204 g/mol. The van der Waals surface area contributed by atoms with Gasteiger partial charge in [0.2, 0.25) is 0 Å². The van der Waals surface area contributed by atoms with Crippen LogP contribution >= 0.6 is 0 Å². The van der Waals surface area contributed by atoms with Gasteiger partial charge in [-0.2, -0.15) is 0 Å². The summed E-state index contributed by atoms with van der Waals surface area (Å²) >= 11 is 0. The SMILES string of the molecule is C[C@H]1C[C@H](C(=O)OCc2ccccc2)C1. The van der Waals surface area contributed by atoms with Gasteiger partial charge in [-0.1, -0.05) is 37.3 Å². The Hall–Kier alpha value is -1.31. The fourth-order valence-corrected chi connectivity index (χ4v) is 1.94. The molecule has 0 heterocycles. The molecular weight excluding hydrogens is 188 g/mol. The molecule has 2 rings (SSSR count). The first-order chi connectivity index (χ1) is 7.25. The monoisotopic (exact) mass is 204 g/mol. The third-order valence-electron chi connectivity index (χ3n) is 2.93. The molecule has 1 fully saturated rings. The summed E-state index contributed by atoms with van der Waals surface area (Å²) in [6, 6.07) is 9.80. The Bertz CT molecular complexity index is 326. The van der Waals surface area contributed by atoms with Gasteiger partial charge in [-0.25, -0.2) is 0 Å². The van der Waals surface area contributed by atoms with Crippen molar-refractivity contribution in [2.24, 2.45) is 11.8 Å². The molecule has 0 aliphatic heterocycles. The molecule has 0 atom stereocenters. The average Bonchev–Trinajstić information content (AvgIpc) is 2.23. The zero-order valence-electron chi connectivity index (χ0n) is 8.98. The Morgan fingerprint density at radius 3 is 2.60 bits per heavy atom. The van der Waals surface area contributed by atoms with Gasteiger partial charge in [-0.15, -0.1) is 0 Å². The minimum absolute atomic E-state index is 0.0306. The second kappa shape index (κ2) is 4.47. The number of carbonyl (C=O) groups is 1. The first kappa shape index (κ1) is 10.2. The molecule has 2 heteroatoms. The van der Waals surface area contributed by atoms with E-state index >= 15 is 0 Å². The number of hydrogen-bond donors (Lipinski definition) is 0. The van der Waals surface area contributed by atoms with Crippen molar-refractivity contribution in [1.29, 1.82) is 0 Å². The third kappa shape index (κ3) is 2.58. The molecule has 1 aliphatic carbocycles. The lowest BCUT2D eigenvalue weighted by atomic mass is 9.76. The standard InChI is InChI=1S/C13H16O2/c1-10-7-12(8-10)13(14)15-9-11-5-3-2-4-6-11/h2-6,10,12H,7-9H2,1H3/t10-,12-. The molecule has 0 bridgehead atoms. The zero-order valence-corrected chi connectivity index (χ0v) is 8.98. The molecule has 80 valence electrons. The van der Waals surface area contributed by atoms with E-state index in [9.17, 15) is 4.79 Å². The number of esters is 1. The summed E-state index contributed by atoms with van der Waals surface area (Å²) in [6.07, 6.45) is 1.99. The van der Waals surface area contributed by atoms with E-state index in [0.29, 0.717) is 12.5 Å². The summed E-state index contributed by atoms with van der Waals surface area (Å²) in [4.78, 5) is 11.5. The number of benzene rings is 1. The van der Waals surface area contributed by atoms with E-state index in [1.54, 1.807) is 0 Å². The van der Waals surface area contributed by atoms with E-state index in [1.807, 2.05) is 30.3 Å². The summed E-state index contributed by atoms with van der Waals surface area (Å²) in [6.45, 7) is 2.57. The highest BCUT2D eigenvalue weighted by Crippen LogP contribution is 2.33. The Kier molecular flexibility index (Phi) is 3.05. The van der Waals surface area contributed by atoms with Crippen molar-refractivity contribution in [2.75, 3.05) is 0 Å². The summed E-state index contributed by atoms with van der Waals surface area (Å²) < 4.78 is 5.24. The van der Waals surface area contributed by atoms with Crippen molar-refractivity contribution in [3.63, 3.8) is 0 Å². The summed E-state index contributed by atoms with van der Waals surface area (Å²) in [5, 5.41) is 0. The Morgan fingerprint density at radius 1 is 1.33 bits per heavy atom. The highest BCUT2D eigenvalue weighted by Gasteiger charge is 2.32. The predicted octanol–water partition coefficient (Wildman–Crippen LogP) is 2.78. The van der Waals surface area contributed by atoms with E-state index in [1.165, 1.54) is 0 Å². The Morgan fingerprint density at radius 2 is 2.00 bits per heavy atom. The van der Waals surface area contributed by atoms with Gasteiger partial charge in [0.1, 0.15) is 6.61 Å². The number of hydrogen-bond acceptors (Lipinski definition) is 2. The zero-order chi connectivity index (χ0) is 10.7. The van der Waals surface area contributed by atoms with Gasteiger partial charge in [0.05, 0.1) is 5.92 Å². The van der Waals surface area contributed by atoms with Crippen molar-refractivity contribution < 1.29 is 9.53 Å². The first-order valence-electron chi connectivity index (χ1n) is 5.46. The molecular formula is C13H16O2. The number of carbonyl (C=O) groups excluding carboxylic acids is 1. The summed E-state index contributed by atoms with van der Waals surface area (Å²) in [5.74, 6) is 0.819.